The molecule has 1 amide bonds. The van der Waals surface area contributed by atoms with E-state index >= 15 is 0 Å². The summed E-state index contributed by atoms with van der Waals surface area (Å²) in [5.41, 5.74) is 1.82. The van der Waals surface area contributed by atoms with Crippen molar-refractivity contribution in [2.24, 2.45) is 0 Å². The van der Waals surface area contributed by atoms with Gasteiger partial charge in [-0.25, -0.2) is 13.8 Å². The predicted molar refractivity (Wildman–Crippen MR) is 79.0 cm³/mol. The molecular weight excluding hydrogens is 288 g/mol. The topological polar surface area (TPSA) is 46.4 Å². The van der Waals surface area contributed by atoms with Gasteiger partial charge in [0.25, 0.3) is 5.91 Å². The van der Waals surface area contributed by atoms with Crippen LogP contribution in [0.2, 0.25) is 0 Å². The quantitative estimate of drug-likeness (QED) is 0.787. The maximum atomic E-state index is 13.7. The van der Waals surface area contributed by atoms with Crippen LogP contribution in [0, 0.1) is 25.5 Å². The van der Waals surface area contributed by atoms with Gasteiger partial charge >= 0.3 is 0 Å². The fourth-order valence-corrected chi connectivity index (χ4v) is 2.38. The molecule has 0 radical (unpaired) electrons. The lowest BCUT2D eigenvalue weighted by atomic mass is 10.2. The van der Waals surface area contributed by atoms with Crippen LogP contribution in [0.25, 0.3) is 5.65 Å². The molecule has 0 saturated carbocycles. The molecule has 1 N–H and O–H groups in total. The molecule has 6 heteroatoms. The van der Waals surface area contributed by atoms with Crippen LogP contribution in [0.1, 0.15) is 21.7 Å². The average Bonchev–Trinajstić information content (AvgIpc) is 2.81. The van der Waals surface area contributed by atoms with Crippen LogP contribution in [0.5, 0.6) is 0 Å². The Kier molecular flexibility index (Phi) is 3.36. The number of amides is 1. The van der Waals surface area contributed by atoms with Gasteiger partial charge in [0.1, 0.15) is 28.7 Å². The number of carbonyl (C=O) groups is 1. The monoisotopic (exact) mass is 301 g/mol. The molecule has 3 aromatic rings. The number of aromatic nitrogens is 2. The third kappa shape index (κ3) is 2.22. The Hall–Kier alpha value is -2.76. The Bertz CT molecular complexity index is 866. The first-order chi connectivity index (χ1) is 10.5. The number of anilines is 1. The summed E-state index contributed by atoms with van der Waals surface area (Å²) in [6.45, 7) is 3.55. The summed E-state index contributed by atoms with van der Waals surface area (Å²) in [7, 11) is 0. The number of carbonyl (C=O) groups excluding carboxylic acids is 1. The number of para-hydroxylation sites is 1. The number of fused-ring (bicyclic) bond motifs is 1. The zero-order chi connectivity index (χ0) is 15.9. The van der Waals surface area contributed by atoms with Crippen molar-refractivity contribution in [3.05, 3.63) is 65.1 Å². The van der Waals surface area contributed by atoms with E-state index in [1.165, 1.54) is 6.07 Å². The van der Waals surface area contributed by atoms with Gasteiger partial charge in [-0.2, -0.15) is 0 Å². The molecule has 0 atom stereocenters. The van der Waals surface area contributed by atoms with Crippen LogP contribution in [0.15, 0.2) is 36.5 Å². The summed E-state index contributed by atoms with van der Waals surface area (Å²) in [4.78, 5) is 16.8. The number of imidazole rings is 1. The van der Waals surface area contributed by atoms with Gasteiger partial charge in [-0.3, -0.25) is 9.20 Å². The fourth-order valence-electron chi connectivity index (χ4n) is 2.38. The van der Waals surface area contributed by atoms with Crippen molar-refractivity contribution in [3.63, 3.8) is 0 Å². The summed E-state index contributed by atoms with van der Waals surface area (Å²) in [5, 5.41) is 2.28. The van der Waals surface area contributed by atoms with Crippen LogP contribution < -0.4 is 5.32 Å². The summed E-state index contributed by atoms with van der Waals surface area (Å²) in [6, 6.07) is 7.07. The second kappa shape index (κ2) is 5.22. The van der Waals surface area contributed by atoms with E-state index in [1.54, 1.807) is 23.6 Å². The summed E-state index contributed by atoms with van der Waals surface area (Å²) in [6.07, 6.45) is 1.69. The zero-order valence-electron chi connectivity index (χ0n) is 12.0. The van der Waals surface area contributed by atoms with Crippen molar-refractivity contribution < 1.29 is 13.6 Å². The van der Waals surface area contributed by atoms with Crippen LogP contribution in [-0.2, 0) is 0 Å². The molecule has 1 aromatic carbocycles. The lowest BCUT2D eigenvalue weighted by Gasteiger charge is -2.08. The van der Waals surface area contributed by atoms with Gasteiger partial charge in [-0.15, -0.1) is 0 Å². The zero-order valence-corrected chi connectivity index (χ0v) is 12.0. The van der Waals surface area contributed by atoms with Gasteiger partial charge in [0.15, 0.2) is 0 Å². The fraction of sp³-hybridized carbons (Fsp3) is 0.125. The maximum Gasteiger partial charge on any atom is 0.274 e. The minimum absolute atomic E-state index is 0.251. The molecule has 112 valence electrons. The molecule has 2 aromatic heterocycles. The van der Waals surface area contributed by atoms with Crippen molar-refractivity contribution >= 4 is 17.2 Å². The van der Waals surface area contributed by atoms with E-state index in [4.69, 9.17) is 0 Å². The highest BCUT2D eigenvalue weighted by atomic mass is 19.1. The minimum atomic E-state index is -0.823. The Morgan fingerprint density at radius 3 is 2.50 bits per heavy atom. The SMILES string of the molecule is Cc1nc2c(C)cccn2c1C(=O)Nc1c(F)cccc1F. The summed E-state index contributed by atoms with van der Waals surface area (Å²) >= 11 is 0. The number of nitrogens with one attached hydrogen (secondary N) is 1. The number of aryl methyl sites for hydroxylation is 2. The number of nitrogens with zero attached hydrogens (tertiary/aromatic N) is 2. The lowest BCUT2D eigenvalue weighted by Crippen LogP contribution is -2.17. The Morgan fingerprint density at radius 1 is 1.14 bits per heavy atom. The average molecular weight is 301 g/mol. The molecule has 0 spiro atoms. The van der Waals surface area contributed by atoms with Crippen molar-refractivity contribution in [2.45, 2.75) is 13.8 Å². The normalized spacial score (nSPS) is 10.9. The molecule has 0 aliphatic rings. The maximum absolute atomic E-state index is 13.7. The van der Waals surface area contributed by atoms with E-state index < -0.39 is 23.2 Å². The van der Waals surface area contributed by atoms with Crippen molar-refractivity contribution in [1.29, 1.82) is 0 Å². The predicted octanol–water partition coefficient (Wildman–Crippen LogP) is 3.48. The number of halogens is 2. The number of pyridine rings is 1. The third-order valence-corrected chi connectivity index (χ3v) is 3.44. The van der Waals surface area contributed by atoms with Gasteiger partial charge in [0.2, 0.25) is 0 Å². The Morgan fingerprint density at radius 2 is 1.82 bits per heavy atom. The van der Waals surface area contributed by atoms with Crippen LogP contribution in [0.3, 0.4) is 0 Å². The van der Waals surface area contributed by atoms with Gasteiger partial charge in [-0.1, -0.05) is 12.1 Å². The highest BCUT2D eigenvalue weighted by molar-refractivity contribution is 6.04. The molecule has 4 nitrogen and oxygen atoms in total. The van der Waals surface area contributed by atoms with Crippen LogP contribution in [0.4, 0.5) is 14.5 Å². The van der Waals surface area contributed by atoms with E-state index in [2.05, 4.69) is 10.3 Å². The second-order valence-corrected chi connectivity index (χ2v) is 4.98. The molecule has 2 heterocycles. The minimum Gasteiger partial charge on any atom is -0.316 e. The van der Waals surface area contributed by atoms with E-state index in [9.17, 15) is 13.6 Å². The van der Waals surface area contributed by atoms with E-state index in [0.29, 0.717) is 11.3 Å². The largest absolute Gasteiger partial charge is 0.316 e. The van der Waals surface area contributed by atoms with Crippen molar-refractivity contribution in [3.8, 4) is 0 Å². The Labute approximate surface area is 125 Å². The molecule has 0 unspecified atom stereocenters. The molecule has 22 heavy (non-hydrogen) atoms. The number of hydrogen-bond donors (Lipinski definition) is 1. The van der Waals surface area contributed by atoms with Gasteiger partial charge in [0.05, 0.1) is 5.69 Å². The van der Waals surface area contributed by atoms with Crippen molar-refractivity contribution in [2.75, 3.05) is 5.32 Å². The smallest absolute Gasteiger partial charge is 0.274 e. The molecular formula is C16H13F2N3O. The molecule has 0 aliphatic carbocycles. The lowest BCUT2D eigenvalue weighted by molar-refractivity contribution is 0.101. The first-order valence-electron chi connectivity index (χ1n) is 6.68. The first kappa shape index (κ1) is 14.2. The summed E-state index contributed by atoms with van der Waals surface area (Å²) < 4.78 is 28.9. The highest BCUT2D eigenvalue weighted by Gasteiger charge is 2.20. The van der Waals surface area contributed by atoms with Gasteiger partial charge in [-0.05, 0) is 37.6 Å². The Balaban J connectivity index is 2.07. The van der Waals surface area contributed by atoms with Crippen LogP contribution >= 0.6 is 0 Å². The number of rotatable bonds is 2. The molecule has 0 fully saturated rings. The molecule has 0 aliphatic heterocycles. The molecule has 0 saturated heterocycles. The molecule has 0 bridgehead atoms. The van der Waals surface area contributed by atoms with Gasteiger partial charge < -0.3 is 5.32 Å². The second-order valence-electron chi connectivity index (χ2n) is 4.98. The van der Waals surface area contributed by atoms with E-state index in [1.807, 2.05) is 13.0 Å². The number of benzene rings is 1. The third-order valence-electron chi connectivity index (χ3n) is 3.44. The highest BCUT2D eigenvalue weighted by Crippen LogP contribution is 2.21. The standard InChI is InChI=1S/C16H13F2N3O/c1-9-5-4-8-21-14(10(2)19-15(9)21)16(22)20-13-11(17)6-3-7-12(13)18/h3-8H,1-2H3,(H,20,22). The van der Waals surface area contributed by atoms with E-state index in [-0.39, 0.29) is 5.69 Å². The summed E-state index contributed by atoms with van der Waals surface area (Å²) in [5.74, 6) is -2.26. The first-order valence-corrected chi connectivity index (χ1v) is 6.68. The molecule has 3 rings (SSSR count). The van der Waals surface area contributed by atoms with E-state index in [0.717, 1.165) is 17.7 Å². The van der Waals surface area contributed by atoms with Crippen LogP contribution in [-0.4, -0.2) is 15.3 Å². The van der Waals surface area contributed by atoms with Gasteiger partial charge in [0, 0.05) is 6.20 Å². The van der Waals surface area contributed by atoms with Crippen molar-refractivity contribution in [1.82, 2.24) is 9.38 Å². The number of hydrogen-bond acceptors (Lipinski definition) is 2.